The van der Waals surface area contributed by atoms with Gasteiger partial charge in [-0.15, -0.1) is 0 Å². The molecule has 1 aromatic rings. The number of aromatic nitrogens is 1. The second kappa shape index (κ2) is 13.3. The highest BCUT2D eigenvalue weighted by atomic mass is 30.1. The van der Waals surface area contributed by atoms with Crippen LogP contribution in [0.3, 0.4) is 0 Å². The molecular formula is C36H85NSi10. The van der Waals surface area contributed by atoms with E-state index >= 15 is 0 Å². The number of pyridine rings is 1. The van der Waals surface area contributed by atoms with Crippen molar-refractivity contribution >= 4 is 73.0 Å². The van der Waals surface area contributed by atoms with Crippen LogP contribution in [0.4, 0.5) is 0 Å². The Morgan fingerprint density at radius 1 is 0.447 bits per heavy atom. The average molecular weight is 813 g/mol. The molecule has 0 aromatic carbocycles. The first-order valence-electron chi connectivity index (χ1n) is 19.4. The fourth-order valence-corrected chi connectivity index (χ4v) is 308. The molecule has 0 spiro atoms. The molecule has 5 atom stereocenters. The molecule has 274 valence electrons. The van der Waals surface area contributed by atoms with Crippen molar-refractivity contribution in [3.63, 3.8) is 0 Å². The van der Waals surface area contributed by atoms with Crippen LogP contribution in [0.15, 0.2) is 24.4 Å². The maximum absolute atomic E-state index is 5.14. The van der Waals surface area contributed by atoms with Crippen molar-refractivity contribution in [3.05, 3.63) is 30.1 Å². The molecule has 11 heteroatoms. The quantitative estimate of drug-likeness (QED) is 0.192. The summed E-state index contributed by atoms with van der Waals surface area (Å²) in [7, 11) is -15.5. The zero-order valence-corrected chi connectivity index (χ0v) is 46.7. The Hall–Kier alpha value is 1.32. The summed E-state index contributed by atoms with van der Waals surface area (Å²) in [6, 6.07) is 6.82. The van der Waals surface area contributed by atoms with Crippen LogP contribution in [-0.4, -0.2) is 78.0 Å². The standard InChI is InChI=1S/C36H85NSi10/c1-30-31(2)33(4)35(32(30)3)39(8,9)41(12,13)43(16,17)45(20,21)47(24,25)46(22,23)44(18,19)42(14,15)40(10,11)36(38(5,6)7)34-28-26-27-29-37-34/h26-33,35-36H,1-25H3. The smallest absolute Gasteiger partial charge is 0.0510 e. The number of nitrogens with zero attached hydrogens (tertiary/aromatic N) is 1. The lowest BCUT2D eigenvalue weighted by Gasteiger charge is -2.68. The van der Waals surface area contributed by atoms with E-state index in [2.05, 4.69) is 190 Å². The van der Waals surface area contributed by atoms with Crippen LogP contribution in [0.5, 0.6) is 0 Å². The molecule has 1 aliphatic carbocycles. The Balaban J connectivity index is 2.74. The van der Waals surface area contributed by atoms with E-state index in [0.29, 0.717) is 0 Å². The van der Waals surface area contributed by atoms with Crippen LogP contribution in [0.2, 0.25) is 143 Å². The molecule has 0 radical (unpaired) electrons. The minimum Gasteiger partial charge on any atom is -0.262 e. The molecule has 0 amide bonds. The Morgan fingerprint density at radius 2 is 0.787 bits per heavy atom. The van der Waals surface area contributed by atoms with Gasteiger partial charge in [-0.05, 0) is 46.5 Å². The predicted octanol–water partition coefficient (Wildman–Crippen LogP) is 12.5. The number of hydrogen-bond acceptors (Lipinski definition) is 1. The second-order valence-electron chi connectivity index (χ2n) is 22.8. The third-order valence-corrected chi connectivity index (χ3v) is 227. The summed E-state index contributed by atoms with van der Waals surface area (Å²) in [5.41, 5.74) is 2.46. The van der Waals surface area contributed by atoms with Gasteiger partial charge in [-0.3, -0.25) is 4.98 Å². The van der Waals surface area contributed by atoms with Gasteiger partial charge in [0.25, 0.3) is 0 Å². The highest BCUT2D eigenvalue weighted by molar-refractivity contribution is 8.05. The Bertz CT molecular complexity index is 1230. The summed E-state index contributed by atoms with van der Waals surface area (Å²) in [5, 5.41) is 0.744. The van der Waals surface area contributed by atoms with Gasteiger partial charge in [-0.25, -0.2) is 0 Å². The zero-order chi connectivity index (χ0) is 37.6. The molecular weight excluding hydrogens is 727 g/mol. The third kappa shape index (κ3) is 6.39. The summed E-state index contributed by atoms with van der Waals surface area (Å²) in [6.45, 7) is 72.3. The molecule has 0 aliphatic heterocycles. The minimum atomic E-state index is -1.68. The molecule has 1 nitrogen and oxygen atoms in total. The van der Waals surface area contributed by atoms with Gasteiger partial charge in [-0.1, -0.05) is 171 Å². The molecule has 47 heavy (non-hydrogen) atoms. The first-order valence-corrected chi connectivity index (χ1v) is 58.1. The monoisotopic (exact) mass is 811 g/mol. The van der Waals surface area contributed by atoms with Crippen molar-refractivity contribution in [2.75, 3.05) is 0 Å². The molecule has 1 aliphatic rings. The van der Waals surface area contributed by atoms with Crippen LogP contribution >= 0.6 is 0 Å². The fraction of sp³-hybridized carbons (Fsp3) is 0.861. The molecule has 5 unspecified atom stereocenters. The average Bonchev–Trinajstić information content (AvgIpc) is 3.09. The summed E-state index contributed by atoms with van der Waals surface area (Å²) in [6.07, 6.45) is 2.09. The molecule has 1 saturated carbocycles. The molecule has 0 N–H and O–H groups in total. The van der Waals surface area contributed by atoms with Crippen molar-refractivity contribution in [1.29, 1.82) is 0 Å². The summed E-state index contributed by atoms with van der Waals surface area (Å²) >= 11 is 0. The Labute approximate surface area is 305 Å². The lowest BCUT2D eigenvalue weighted by atomic mass is 9.92. The van der Waals surface area contributed by atoms with Crippen LogP contribution in [0.1, 0.15) is 38.6 Å². The van der Waals surface area contributed by atoms with Crippen LogP contribution in [0, 0.1) is 23.7 Å². The number of rotatable bonds is 12. The maximum atomic E-state index is 5.14. The highest BCUT2D eigenvalue weighted by Crippen LogP contribution is 2.58. The van der Waals surface area contributed by atoms with Crippen molar-refractivity contribution in [1.82, 2.24) is 4.98 Å². The third-order valence-electron chi connectivity index (χ3n) is 19.6. The fourth-order valence-electron chi connectivity index (χ4n) is 12.1. The normalized spacial score (nSPS) is 25.7. The van der Waals surface area contributed by atoms with E-state index in [1.807, 2.05) is 0 Å². The Morgan fingerprint density at radius 3 is 1.11 bits per heavy atom. The van der Waals surface area contributed by atoms with E-state index in [4.69, 9.17) is 4.98 Å². The molecule has 1 fully saturated rings. The number of hydrogen-bond donors (Lipinski definition) is 0. The SMILES string of the molecule is CC1C(C)C(C)C([Si](C)(C)[Si](C)(C)[Si](C)(C)[Si](C)(C)[Si](C)(C)[Si](C)(C)[Si](C)(C)[Si](C)(C)[Si](C)(C)C(c2ccccn2)[Si](C)(C)C)C1C. The van der Waals surface area contributed by atoms with E-state index in [1.54, 1.807) is 0 Å². The van der Waals surface area contributed by atoms with Crippen molar-refractivity contribution < 1.29 is 0 Å². The van der Waals surface area contributed by atoms with Crippen LogP contribution in [0.25, 0.3) is 0 Å². The summed E-state index contributed by atoms with van der Waals surface area (Å²) in [4.78, 5) is 5.14. The van der Waals surface area contributed by atoms with Gasteiger partial charge in [0.15, 0.2) is 0 Å². The lowest BCUT2D eigenvalue weighted by Crippen LogP contribution is -2.94. The maximum Gasteiger partial charge on any atom is 0.0510 e. The Kier molecular flexibility index (Phi) is 12.6. The van der Waals surface area contributed by atoms with Gasteiger partial charge in [0, 0.05) is 76.8 Å². The van der Waals surface area contributed by atoms with E-state index < -0.39 is 73.0 Å². The summed E-state index contributed by atoms with van der Waals surface area (Å²) < 4.78 is 0. The van der Waals surface area contributed by atoms with Gasteiger partial charge >= 0.3 is 0 Å². The molecule has 2 rings (SSSR count). The highest BCUT2D eigenvalue weighted by Gasteiger charge is 2.72. The van der Waals surface area contributed by atoms with Gasteiger partial charge in [0.1, 0.15) is 0 Å². The van der Waals surface area contributed by atoms with Crippen molar-refractivity contribution in [2.24, 2.45) is 23.7 Å². The van der Waals surface area contributed by atoms with Crippen molar-refractivity contribution in [2.45, 2.75) is 176 Å². The molecule has 0 saturated heterocycles. The first kappa shape index (κ1) is 44.5. The van der Waals surface area contributed by atoms with Crippen molar-refractivity contribution in [3.8, 4) is 0 Å². The minimum absolute atomic E-state index is 0.744. The van der Waals surface area contributed by atoms with Gasteiger partial charge in [0.05, 0.1) is 8.07 Å². The van der Waals surface area contributed by atoms with E-state index in [0.717, 1.165) is 34.4 Å². The molecule has 0 bridgehead atoms. The van der Waals surface area contributed by atoms with Crippen LogP contribution in [-0.2, 0) is 0 Å². The van der Waals surface area contributed by atoms with Gasteiger partial charge in [0.2, 0.25) is 0 Å². The lowest BCUT2D eigenvalue weighted by molar-refractivity contribution is 0.352. The van der Waals surface area contributed by atoms with E-state index in [-0.39, 0.29) is 0 Å². The first-order chi connectivity index (χ1) is 20.5. The van der Waals surface area contributed by atoms with Gasteiger partial charge in [-0.2, -0.15) is 0 Å². The largest absolute Gasteiger partial charge is 0.262 e. The second-order valence-corrected chi connectivity index (χ2v) is 130. The van der Waals surface area contributed by atoms with Gasteiger partial charge < -0.3 is 0 Å². The molecule has 1 heterocycles. The zero-order valence-electron chi connectivity index (χ0n) is 36.7. The van der Waals surface area contributed by atoms with Crippen LogP contribution < -0.4 is 0 Å². The summed E-state index contributed by atoms with van der Waals surface area (Å²) in [5.74, 6) is 3.58. The van der Waals surface area contributed by atoms with E-state index in [1.165, 1.54) is 5.69 Å². The van der Waals surface area contributed by atoms with E-state index in [9.17, 15) is 0 Å². The predicted molar refractivity (Wildman–Crippen MR) is 248 cm³/mol. The topological polar surface area (TPSA) is 12.9 Å². The molecule has 1 aromatic heterocycles.